The number of imidazole rings is 1. The van der Waals surface area contributed by atoms with E-state index in [4.69, 9.17) is 4.98 Å². The number of hydrogen-bond acceptors (Lipinski definition) is 3. The molecule has 5 aromatic rings. The summed E-state index contributed by atoms with van der Waals surface area (Å²) >= 11 is 0. The van der Waals surface area contributed by atoms with Gasteiger partial charge in [-0.1, -0.05) is 54.6 Å². The molecule has 0 spiro atoms. The third kappa shape index (κ3) is 4.23. The second-order valence-electron chi connectivity index (χ2n) is 7.86. The van der Waals surface area contributed by atoms with E-state index in [-0.39, 0.29) is 5.91 Å². The van der Waals surface area contributed by atoms with Crippen LogP contribution in [0.15, 0.2) is 91.1 Å². The van der Waals surface area contributed by atoms with Gasteiger partial charge in [-0.2, -0.15) is 0 Å². The van der Waals surface area contributed by atoms with E-state index in [0.717, 1.165) is 36.2 Å². The molecule has 5 rings (SSSR count). The number of aromatic nitrogens is 3. The Morgan fingerprint density at radius 3 is 2.56 bits per heavy atom. The number of carbonyl (C=O) groups excluding carboxylic acids is 1. The topological polar surface area (TPSA) is 59.8 Å². The van der Waals surface area contributed by atoms with Crippen LogP contribution in [-0.4, -0.2) is 27.0 Å². The van der Waals surface area contributed by atoms with E-state index in [1.165, 1.54) is 16.3 Å². The molecule has 1 amide bonds. The summed E-state index contributed by atoms with van der Waals surface area (Å²) in [6, 6.07) is 28.6. The average molecular weight is 421 g/mol. The van der Waals surface area contributed by atoms with E-state index in [2.05, 4.69) is 75.5 Å². The third-order valence-corrected chi connectivity index (χ3v) is 5.65. The molecular formula is C27H24N4O. The molecule has 5 nitrogen and oxygen atoms in total. The normalized spacial score (nSPS) is 11.1. The van der Waals surface area contributed by atoms with Gasteiger partial charge in [0.1, 0.15) is 11.5 Å². The first-order valence-corrected chi connectivity index (χ1v) is 10.9. The van der Waals surface area contributed by atoms with Crippen LogP contribution in [0.3, 0.4) is 0 Å². The molecule has 0 aliphatic heterocycles. The number of para-hydroxylation sites is 2. The molecule has 0 aliphatic rings. The highest BCUT2D eigenvalue weighted by atomic mass is 16.1. The predicted molar refractivity (Wildman–Crippen MR) is 128 cm³/mol. The number of fused-ring (bicyclic) bond motifs is 2. The van der Waals surface area contributed by atoms with E-state index in [1.807, 2.05) is 12.1 Å². The van der Waals surface area contributed by atoms with E-state index in [1.54, 1.807) is 18.3 Å². The maximum Gasteiger partial charge on any atom is 0.269 e. The molecule has 2 aromatic heterocycles. The summed E-state index contributed by atoms with van der Waals surface area (Å²) in [5.41, 5.74) is 3.82. The lowest BCUT2D eigenvalue weighted by molar-refractivity contribution is 0.0948. The molecule has 5 heteroatoms. The van der Waals surface area contributed by atoms with Gasteiger partial charge in [-0.3, -0.25) is 9.78 Å². The van der Waals surface area contributed by atoms with Gasteiger partial charge in [0.25, 0.3) is 5.91 Å². The van der Waals surface area contributed by atoms with E-state index < -0.39 is 0 Å². The summed E-state index contributed by atoms with van der Waals surface area (Å²) in [5.74, 6) is 0.890. The van der Waals surface area contributed by atoms with Gasteiger partial charge in [0, 0.05) is 25.7 Å². The monoisotopic (exact) mass is 420 g/mol. The number of carbonyl (C=O) groups is 1. The number of hydrogen-bond donors (Lipinski definition) is 1. The van der Waals surface area contributed by atoms with E-state index >= 15 is 0 Å². The Kier molecular flexibility index (Phi) is 5.62. The first kappa shape index (κ1) is 19.9. The molecule has 0 bridgehead atoms. The van der Waals surface area contributed by atoms with Crippen LogP contribution in [-0.2, 0) is 13.0 Å². The summed E-state index contributed by atoms with van der Waals surface area (Å²) < 4.78 is 2.29. The highest BCUT2D eigenvalue weighted by molar-refractivity contribution is 5.92. The van der Waals surface area contributed by atoms with Crippen molar-refractivity contribution in [3.63, 3.8) is 0 Å². The fourth-order valence-corrected chi connectivity index (χ4v) is 4.05. The summed E-state index contributed by atoms with van der Waals surface area (Å²) in [4.78, 5) is 21.2. The fraction of sp³-hybridized carbons (Fsp3) is 0.148. The Hall–Kier alpha value is -3.99. The van der Waals surface area contributed by atoms with Crippen molar-refractivity contribution < 1.29 is 4.79 Å². The summed E-state index contributed by atoms with van der Waals surface area (Å²) in [6.07, 6.45) is 3.22. The second-order valence-corrected chi connectivity index (χ2v) is 7.86. The van der Waals surface area contributed by atoms with Crippen molar-refractivity contribution in [3.05, 3.63) is 108 Å². The highest BCUT2D eigenvalue weighted by Gasteiger charge is 2.12. The molecule has 158 valence electrons. The molecule has 0 atom stereocenters. The van der Waals surface area contributed by atoms with Crippen LogP contribution < -0.4 is 5.32 Å². The largest absolute Gasteiger partial charge is 0.351 e. The molecule has 32 heavy (non-hydrogen) atoms. The van der Waals surface area contributed by atoms with Gasteiger partial charge in [0.15, 0.2) is 0 Å². The van der Waals surface area contributed by atoms with Gasteiger partial charge >= 0.3 is 0 Å². The number of pyridine rings is 1. The standard InChI is InChI=1S/C27H24N4O/c32-27(24-11-5-6-16-28-24)29-17-7-13-26-30-23-10-3-4-12-25(23)31(26)19-20-14-15-21-8-1-2-9-22(21)18-20/h1-6,8-12,14-16,18H,7,13,17,19H2,(H,29,32). The Bertz CT molecular complexity index is 1370. The number of nitrogens with zero attached hydrogens (tertiary/aromatic N) is 3. The SMILES string of the molecule is O=C(NCCCc1nc2ccccc2n1Cc1ccc2ccccc2c1)c1ccccn1. The Morgan fingerprint density at radius 2 is 1.69 bits per heavy atom. The summed E-state index contributed by atoms with van der Waals surface area (Å²) in [7, 11) is 0. The van der Waals surface area contributed by atoms with Gasteiger partial charge in [-0.05, 0) is 53.1 Å². The number of rotatable bonds is 7. The Morgan fingerprint density at radius 1 is 0.875 bits per heavy atom. The zero-order chi connectivity index (χ0) is 21.8. The minimum atomic E-state index is -0.143. The molecule has 0 radical (unpaired) electrons. The lowest BCUT2D eigenvalue weighted by atomic mass is 10.1. The minimum absolute atomic E-state index is 0.143. The first-order valence-electron chi connectivity index (χ1n) is 10.9. The van der Waals surface area contributed by atoms with Crippen molar-refractivity contribution in [2.75, 3.05) is 6.54 Å². The fourth-order valence-electron chi connectivity index (χ4n) is 4.05. The zero-order valence-corrected chi connectivity index (χ0v) is 17.7. The maximum atomic E-state index is 12.2. The zero-order valence-electron chi connectivity index (χ0n) is 17.7. The van der Waals surface area contributed by atoms with Crippen LogP contribution in [0.5, 0.6) is 0 Å². The maximum absolute atomic E-state index is 12.2. The lowest BCUT2D eigenvalue weighted by Gasteiger charge is -2.11. The smallest absolute Gasteiger partial charge is 0.269 e. The number of nitrogens with one attached hydrogen (secondary N) is 1. The molecule has 0 unspecified atom stereocenters. The van der Waals surface area contributed by atoms with Gasteiger partial charge < -0.3 is 9.88 Å². The van der Waals surface area contributed by atoms with Crippen molar-refractivity contribution in [2.24, 2.45) is 0 Å². The van der Waals surface area contributed by atoms with Crippen molar-refractivity contribution in [1.29, 1.82) is 0 Å². The van der Waals surface area contributed by atoms with Crippen molar-refractivity contribution >= 4 is 27.7 Å². The van der Waals surface area contributed by atoms with Crippen LogP contribution in [0, 0.1) is 0 Å². The van der Waals surface area contributed by atoms with Crippen LogP contribution >= 0.6 is 0 Å². The molecule has 0 saturated carbocycles. The number of aryl methyl sites for hydroxylation is 1. The molecule has 1 N–H and O–H groups in total. The first-order chi connectivity index (χ1) is 15.8. The molecular weight excluding hydrogens is 396 g/mol. The average Bonchev–Trinajstić information content (AvgIpc) is 3.19. The van der Waals surface area contributed by atoms with Gasteiger partial charge in [-0.25, -0.2) is 4.98 Å². The second kappa shape index (κ2) is 9.02. The van der Waals surface area contributed by atoms with Crippen molar-refractivity contribution in [1.82, 2.24) is 19.9 Å². The number of amides is 1. The Labute approximate surface area is 186 Å². The van der Waals surface area contributed by atoms with Gasteiger partial charge in [0.05, 0.1) is 11.0 Å². The van der Waals surface area contributed by atoms with Crippen molar-refractivity contribution in [2.45, 2.75) is 19.4 Å². The molecule has 3 aromatic carbocycles. The van der Waals surface area contributed by atoms with Crippen LogP contribution in [0.4, 0.5) is 0 Å². The highest BCUT2D eigenvalue weighted by Crippen LogP contribution is 2.21. The van der Waals surface area contributed by atoms with Crippen molar-refractivity contribution in [3.8, 4) is 0 Å². The minimum Gasteiger partial charge on any atom is -0.351 e. The van der Waals surface area contributed by atoms with E-state index in [0.29, 0.717) is 12.2 Å². The lowest BCUT2D eigenvalue weighted by Crippen LogP contribution is -2.25. The summed E-state index contributed by atoms with van der Waals surface area (Å²) in [6.45, 7) is 1.34. The van der Waals surface area contributed by atoms with Gasteiger partial charge in [0.2, 0.25) is 0 Å². The molecule has 0 saturated heterocycles. The molecule has 2 heterocycles. The quantitative estimate of drug-likeness (QED) is 0.377. The molecule has 0 aliphatic carbocycles. The number of benzene rings is 3. The Balaban J connectivity index is 1.33. The van der Waals surface area contributed by atoms with Crippen LogP contribution in [0.25, 0.3) is 21.8 Å². The summed E-state index contributed by atoms with van der Waals surface area (Å²) in [5, 5.41) is 5.44. The van der Waals surface area contributed by atoms with Gasteiger partial charge in [-0.15, -0.1) is 0 Å². The van der Waals surface area contributed by atoms with Crippen LogP contribution in [0.1, 0.15) is 28.3 Å². The van der Waals surface area contributed by atoms with E-state index in [9.17, 15) is 4.79 Å². The van der Waals surface area contributed by atoms with Crippen LogP contribution in [0.2, 0.25) is 0 Å². The predicted octanol–water partition coefficient (Wildman–Crippen LogP) is 5.00. The third-order valence-electron chi connectivity index (χ3n) is 5.65. The molecule has 0 fully saturated rings.